The molecule has 0 aromatic heterocycles. The van der Waals surface area contributed by atoms with Crippen LogP contribution in [0.3, 0.4) is 0 Å². The van der Waals surface area contributed by atoms with E-state index in [2.05, 4.69) is 5.32 Å². The molecule has 1 aliphatic carbocycles. The molecular formula is C14H19NO3. The quantitative estimate of drug-likeness (QED) is 0.757. The van der Waals surface area contributed by atoms with Gasteiger partial charge in [0.25, 0.3) is 0 Å². The second-order valence-electron chi connectivity index (χ2n) is 4.92. The SMILES string of the molecule is O=C(Cc1ccc(O)cc1)NC1CCC(O)CC1. The zero-order chi connectivity index (χ0) is 13.0. The maximum absolute atomic E-state index is 11.8. The van der Waals surface area contributed by atoms with Crippen LogP contribution in [0.1, 0.15) is 31.2 Å². The second kappa shape index (κ2) is 5.87. The van der Waals surface area contributed by atoms with Gasteiger partial charge in [-0.25, -0.2) is 0 Å². The van der Waals surface area contributed by atoms with Gasteiger partial charge in [-0.15, -0.1) is 0 Å². The number of carbonyl (C=O) groups excluding carboxylic acids is 1. The van der Waals surface area contributed by atoms with Crippen molar-refractivity contribution < 1.29 is 15.0 Å². The highest BCUT2D eigenvalue weighted by Crippen LogP contribution is 2.18. The van der Waals surface area contributed by atoms with Crippen LogP contribution in [0.25, 0.3) is 0 Å². The zero-order valence-corrected chi connectivity index (χ0v) is 10.3. The fraction of sp³-hybridized carbons (Fsp3) is 0.500. The first-order chi connectivity index (χ1) is 8.63. The Balaban J connectivity index is 1.80. The Morgan fingerprint density at radius 1 is 1.17 bits per heavy atom. The van der Waals surface area contributed by atoms with Crippen molar-refractivity contribution in [3.8, 4) is 5.75 Å². The van der Waals surface area contributed by atoms with Gasteiger partial charge in [0.15, 0.2) is 0 Å². The lowest BCUT2D eigenvalue weighted by Crippen LogP contribution is -2.39. The molecular weight excluding hydrogens is 230 g/mol. The number of carbonyl (C=O) groups is 1. The Bertz CT molecular complexity index is 394. The Kier molecular flexibility index (Phi) is 4.20. The highest BCUT2D eigenvalue weighted by molar-refractivity contribution is 5.78. The monoisotopic (exact) mass is 249 g/mol. The molecule has 2 rings (SSSR count). The van der Waals surface area contributed by atoms with E-state index >= 15 is 0 Å². The maximum atomic E-state index is 11.8. The van der Waals surface area contributed by atoms with Gasteiger partial charge in [0.2, 0.25) is 5.91 Å². The number of aliphatic hydroxyl groups is 1. The summed E-state index contributed by atoms with van der Waals surface area (Å²) in [5, 5.41) is 21.5. The van der Waals surface area contributed by atoms with Crippen molar-refractivity contribution in [1.82, 2.24) is 5.32 Å². The van der Waals surface area contributed by atoms with Gasteiger partial charge in [-0.1, -0.05) is 12.1 Å². The first-order valence-electron chi connectivity index (χ1n) is 6.39. The minimum absolute atomic E-state index is 0.00193. The van der Waals surface area contributed by atoms with Crippen molar-refractivity contribution in [3.05, 3.63) is 29.8 Å². The van der Waals surface area contributed by atoms with Crippen molar-refractivity contribution in [2.24, 2.45) is 0 Å². The van der Waals surface area contributed by atoms with Gasteiger partial charge in [-0.2, -0.15) is 0 Å². The summed E-state index contributed by atoms with van der Waals surface area (Å²) >= 11 is 0. The summed E-state index contributed by atoms with van der Waals surface area (Å²) in [7, 11) is 0. The van der Waals surface area contributed by atoms with Crippen molar-refractivity contribution >= 4 is 5.91 Å². The Morgan fingerprint density at radius 3 is 2.39 bits per heavy atom. The third kappa shape index (κ3) is 3.74. The number of rotatable bonds is 3. The van der Waals surface area contributed by atoms with Crippen LogP contribution in [0.5, 0.6) is 5.75 Å². The number of phenolic OH excluding ortho intramolecular Hbond substituents is 1. The molecule has 1 fully saturated rings. The fourth-order valence-electron chi connectivity index (χ4n) is 2.30. The highest BCUT2D eigenvalue weighted by Gasteiger charge is 2.20. The first-order valence-corrected chi connectivity index (χ1v) is 6.39. The third-order valence-corrected chi connectivity index (χ3v) is 3.36. The summed E-state index contributed by atoms with van der Waals surface area (Å²) in [6.45, 7) is 0. The number of hydrogen-bond acceptors (Lipinski definition) is 3. The standard InChI is InChI=1S/C14H19NO3/c16-12-5-1-10(2-6-12)9-14(18)15-11-3-7-13(17)8-4-11/h1-2,5-6,11,13,16-17H,3-4,7-9H2,(H,15,18). The molecule has 4 heteroatoms. The number of amides is 1. The van der Waals surface area contributed by atoms with Crippen LogP contribution in [-0.2, 0) is 11.2 Å². The van der Waals surface area contributed by atoms with E-state index < -0.39 is 0 Å². The van der Waals surface area contributed by atoms with Crippen LogP contribution in [0.2, 0.25) is 0 Å². The lowest BCUT2D eigenvalue weighted by atomic mass is 9.93. The number of nitrogens with one attached hydrogen (secondary N) is 1. The van der Waals surface area contributed by atoms with Crippen LogP contribution in [0, 0.1) is 0 Å². The lowest BCUT2D eigenvalue weighted by Gasteiger charge is -2.26. The molecule has 0 unspecified atom stereocenters. The molecule has 0 radical (unpaired) electrons. The number of aromatic hydroxyl groups is 1. The molecule has 0 bridgehead atoms. The van der Waals surface area contributed by atoms with Crippen LogP contribution in [-0.4, -0.2) is 28.3 Å². The Hall–Kier alpha value is -1.55. The molecule has 0 saturated heterocycles. The van der Waals surface area contributed by atoms with Gasteiger partial charge < -0.3 is 15.5 Å². The molecule has 1 saturated carbocycles. The predicted molar refractivity (Wildman–Crippen MR) is 68.2 cm³/mol. The van der Waals surface area contributed by atoms with E-state index in [0.29, 0.717) is 6.42 Å². The topological polar surface area (TPSA) is 69.6 Å². The largest absolute Gasteiger partial charge is 0.508 e. The molecule has 1 amide bonds. The van der Waals surface area contributed by atoms with E-state index in [1.54, 1.807) is 24.3 Å². The molecule has 3 N–H and O–H groups in total. The highest BCUT2D eigenvalue weighted by atomic mass is 16.3. The zero-order valence-electron chi connectivity index (χ0n) is 10.3. The molecule has 0 heterocycles. The van der Waals surface area contributed by atoms with E-state index in [4.69, 9.17) is 5.11 Å². The number of hydrogen-bond donors (Lipinski definition) is 3. The van der Waals surface area contributed by atoms with Crippen LogP contribution in [0.15, 0.2) is 24.3 Å². The van der Waals surface area contributed by atoms with Gasteiger partial charge >= 0.3 is 0 Å². The molecule has 0 atom stereocenters. The summed E-state index contributed by atoms with van der Waals surface area (Å²) in [6.07, 6.45) is 3.37. The maximum Gasteiger partial charge on any atom is 0.224 e. The summed E-state index contributed by atoms with van der Waals surface area (Å²) in [4.78, 5) is 11.8. The van der Waals surface area contributed by atoms with E-state index in [0.717, 1.165) is 31.2 Å². The predicted octanol–water partition coefficient (Wildman–Crippen LogP) is 1.35. The van der Waals surface area contributed by atoms with E-state index in [-0.39, 0.29) is 23.8 Å². The molecule has 0 spiro atoms. The van der Waals surface area contributed by atoms with E-state index in [1.165, 1.54) is 0 Å². The Labute approximate surface area is 107 Å². The number of phenols is 1. The lowest BCUT2D eigenvalue weighted by molar-refractivity contribution is -0.121. The smallest absolute Gasteiger partial charge is 0.224 e. The molecule has 98 valence electrons. The van der Waals surface area contributed by atoms with Crippen LogP contribution in [0.4, 0.5) is 0 Å². The van der Waals surface area contributed by atoms with Gasteiger partial charge in [0.1, 0.15) is 5.75 Å². The normalized spacial score (nSPS) is 23.6. The van der Waals surface area contributed by atoms with E-state index in [1.807, 2.05) is 0 Å². The number of benzene rings is 1. The van der Waals surface area contributed by atoms with Crippen molar-refractivity contribution in [1.29, 1.82) is 0 Å². The van der Waals surface area contributed by atoms with Crippen molar-refractivity contribution in [3.63, 3.8) is 0 Å². The van der Waals surface area contributed by atoms with Gasteiger partial charge in [0.05, 0.1) is 12.5 Å². The first kappa shape index (κ1) is 12.9. The summed E-state index contributed by atoms with van der Waals surface area (Å²) in [5.74, 6) is 0.211. The average Bonchev–Trinajstić information content (AvgIpc) is 2.35. The minimum Gasteiger partial charge on any atom is -0.508 e. The molecule has 1 aliphatic rings. The van der Waals surface area contributed by atoms with Crippen LogP contribution >= 0.6 is 0 Å². The fourth-order valence-corrected chi connectivity index (χ4v) is 2.30. The second-order valence-corrected chi connectivity index (χ2v) is 4.92. The summed E-state index contributed by atoms with van der Waals surface area (Å²) < 4.78 is 0. The Morgan fingerprint density at radius 2 is 1.78 bits per heavy atom. The molecule has 0 aliphatic heterocycles. The van der Waals surface area contributed by atoms with Crippen molar-refractivity contribution in [2.75, 3.05) is 0 Å². The number of aliphatic hydroxyl groups excluding tert-OH is 1. The molecule has 1 aromatic carbocycles. The minimum atomic E-state index is -0.199. The van der Waals surface area contributed by atoms with Crippen molar-refractivity contribution in [2.45, 2.75) is 44.2 Å². The summed E-state index contributed by atoms with van der Waals surface area (Å²) in [5.41, 5.74) is 0.890. The van der Waals surface area contributed by atoms with Crippen LogP contribution < -0.4 is 5.32 Å². The summed E-state index contributed by atoms with van der Waals surface area (Å²) in [6, 6.07) is 6.86. The molecule has 18 heavy (non-hydrogen) atoms. The van der Waals surface area contributed by atoms with Gasteiger partial charge in [0, 0.05) is 6.04 Å². The van der Waals surface area contributed by atoms with Gasteiger partial charge in [-0.3, -0.25) is 4.79 Å². The molecule has 1 aromatic rings. The molecule has 4 nitrogen and oxygen atoms in total. The third-order valence-electron chi connectivity index (χ3n) is 3.36. The average molecular weight is 249 g/mol. The van der Waals surface area contributed by atoms with E-state index in [9.17, 15) is 9.90 Å². The van der Waals surface area contributed by atoms with Gasteiger partial charge in [-0.05, 0) is 43.4 Å².